The highest BCUT2D eigenvalue weighted by Gasteiger charge is 2.20. The fourth-order valence-electron chi connectivity index (χ4n) is 0.642. The van der Waals surface area contributed by atoms with Gasteiger partial charge in [0.15, 0.2) is 8.38 Å². The molecule has 2 nitrogen and oxygen atoms in total. The van der Waals surface area contributed by atoms with E-state index in [1.54, 1.807) is 6.92 Å². The highest BCUT2D eigenvalue weighted by molar-refractivity contribution is 7.46. The molecular formula is C6H9O2P. The minimum Gasteiger partial charge on any atom is -0.330 e. The van der Waals surface area contributed by atoms with E-state index in [-0.39, 0.29) is 6.10 Å². The van der Waals surface area contributed by atoms with Crippen molar-refractivity contribution in [2.24, 2.45) is 0 Å². The molecule has 3 heteroatoms. The maximum absolute atomic E-state index is 5.27. The first kappa shape index (κ1) is 7.02. The molecule has 2 unspecified atom stereocenters. The van der Waals surface area contributed by atoms with E-state index in [0.29, 0.717) is 6.61 Å². The summed E-state index contributed by atoms with van der Waals surface area (Å²) in [5.41, 5.74) is 0. The highest BCUT2D eigenvalue weighted by Crippen LogP contribution is 2.40. The van der Waals surface area contributed by atoms with Crippen molar-refractivity contribution in [1.82, 2.24) is 0 Å². The summed E-state index contributed by atoms with van der Waals surface area (Å²) in [5, 5.41) is 0. The first-order valence-electron chi connectivity index (χ1n) is 2.78. The third-order valence-corrected chi connectivity index (χ3v) is 2.05. The van der Waals surface area contributed by atoms with Crippen molar-refractivity contribution in [3.8, 4) is 11.8 Å². The van der Waals surface area contributed by atoms with Crippen molar-refractivity contribution < 1.29 is 9.05 Å². The second-order valence-corrected chi connectivity index (χ2v) is 3.07. The summed E-state index contributed by atoms with van der Waals surface area (Å²) in [4.78, 5) is 0. The van der Waals surface area contributed by atoms with E-state index in [4.69, 9.17) is 9.05 Å². The molecule has 1 fully saturated rings. The lowest BCUT2D eigenvalue weighted by Gasteiger charge is -1.97. The van der Waals surface area contributed by atoms with Gasteiger partial charge in [-0.3, -0.25) is 0 Å². The van der Waals surface area contributed by atoms with Gasteiger partial charge in [-0.15, -0.1) is 5.92 Å². The van der Waals surface area contributed by atoms with E-state index in [0.717, 1.165) is 0 Å². The first-order valence-corrected chi connectivity index (χ1v) is 4.41. The summed E-state index contributed by atoms with van der Waals surface area (Å²) in [7, 11) is -0.618. The van der Waals surface area contributed by atoms with E-state index >= 15 is 0 Å². The van der Waals surface area contributed by atoms with E-state index < -0.39 is 8.38 Å². The predicted molar refractivity (Wildman–Crippen MR) is 37.1 cm³/mol. The molecule has 0 saturated carbocycles. The van der Waals surface area contributed by atoms with Crippen LogP contribution < -0.4 is 0 Å². The van der Waals surface area contributed by atoms with Crippen LogP contribution in [0.25, 0.3) is 0 Å². The monoisotopic (exact) mass is 144 g/mol. The molecular weight excluding hydrogens is 135 g/mol. The van der Waals surface area contributed by atoms with Gasteiger partial charge in [0.25, 0.3) is 0 Å². The summed E-state index contributed by atoms with van der Waals surface area (Å²) in [6.07, 6.45) is 0.0334. The quantitative estimate of drug-likeness (QED) is 0.377. The van der Waals surface area contributed by atoms with Crippen molar-refractivity contribution in [2.45, 2.75) is 13.0 Å². The molecule has 50 valence electrons. The molecule has 0 aromatic carbocycles. The lowest BCUT2D eigenvalue weighted by molar-refractivity contribution is 0.302. The standard InChI is InChI=1S/C6H9O2P/c1-3-4-6-5-7-9(2)8-6/h6H,5H2,1-2H3. The van der Waals surface area contributed by atoms with Gasteiger partial charge in [-0.05, 0) is 6.92 Å². The Bertz CT molecular complexity index is 147. The summed E-state index contributed by atoms with van der Waals surface area (Å²) in [6, 6.07) is 0. The number of rotatable bonds is 0. The van der Waals surface area contributed by atoms with Gasteiger partial charge < -0.3 is 9.05 Å². The molecule has 0 spiro atoms. The molecule has 0 aliphatic carbocycles. The third kappa shape index (κ3) is 1.95. The van der Waals surface area contributed by atoms with E-state index in [9.17, 15) is 0 Å². The lowest BCUT2D eigenvalue weighted by Crippen LogP contribution is -2.03. The molecule has 1 aliphatic rings. The number of hydrogen-bond donors (Lipinski definition) is 0. The normalized spacial score (nSPS) is 33.6. The lowest BCUT2D eigenvalue weighted by atomic mass is 10.4. The predicted octanol–water partition coefficient (Wildman–Crippen LogP) is 1.37. The van der Waals surface area contributed by atoms with Crippen molar-refractivity contribution in [1.29, 1.82) is 0 Å². The van der Waals surface area contributed by atoms with Gasteiger partial charge in [-0.25, -0.2) is 0 Å². The van der Waals surface area contributed by atoms with Crippen molar-refractivity contribution in [3.05, 3.63) is 0 Å². The van der Waals surface area contributed by atoms with Gasteiger partial charge in [-0.2, -0.15) is 0 Å². The average Bonchev–Trinajstić information content (AvgIpc) is 2.17. The Morgan fingerprint density at radius 2 is 2.44 bits per heavy atom. The van der Waals surface area contributed by atoms with Crippen molar-refractivity contribution in [3.63, 3.8) is 0 Å². The third-order valence-electron chi connectivity index (χ3n) is 0.989. The van der Waals surface area contributed by atoms with Crippen LogP contribution in [0.4, 0.5) is 0 Å². The van der Waals surface area contributed by atoms with Crippen LogP contribution in [-0.4, -0.2) is 19.4 Å². The Balaban J connectivity index is 2.36. The van der Waals surface area contributed by atoms with E-state index in [1.807, 2.05) is 6.66 Å². The zero-order valence-electron chi connectivity index (χ0n) is 5.55. The SMILES string of the molecule is CC#CC1COP(C)O1. The highest BCUT2D eigenvalue weighted by atomic mass is 31.2. The molecule has 1 heterocycles. The summed E-state index contributed by atoms with van der Waals surface area (Å²) >= 11 is 0. The Kier molecular flexibility index (Phi) is 2.48. The van der Waals surface area contributed by atoms with E-state index in [2.05, 4.69) is 11.8 Å². The van der Waals surface area contributed by atoms with Gasteiger partial charge in [0, 0.05) is 6.66 Å². The molecule has 2 atom stereocenters. The van der Waals surface area contributed by atoms with Gasteiger partial charge in [0.1, 0.15) is 6.10 Å². The summed E-state index contributed by atoms with van der Waals surface area (Å²) < 4.78 is 10.4. The minimum atomic E-state index is -0.618. The topological polar surface area (TPSA) is 18.5 Å². The van der Waals surface area contributed by atoms with Gasteiger partial charge in [0.05, 0.1) is 6.61 Å². The van der Waals surface area contributed by atoms with Crippen LogP contribution in [0.15, 0.2) is 0 Å². The second kappa shape index (κ2) is 3.17. The van der Waals surface area contributed by atoms with Crippen LogP contribution in [0.3, 0.4) is 0 Å². The summed E-state index contributed by atoms with van der Waals surface area (Å²) in [6.45, 7) is 4.38. The van der Waals surface area contributed by atoms with Gasteiger partial charge in [-0.1, -0.05) is 5.92 Å². The Labute approximate surface area is 56.5 Å². The van der Waals surface area contributed by atoms with Gasteiger partial charge in [0.2, 0.25) is 0 Å². The summed E-state index contributed by atoms with van der Waals surface area (Å²) in [5.74, 6) is 5.68. The Hall–Kier alpha value is -0.0900. The van der Waals surface area contributed by atoms with Crippen LogP contribution in [0.1, 0.15) is 6.92 Å². The second-order valence-electron chi connectivity index (χ2n) is 1.72. The Morgan fingerprint density at radius 3 is 2.89 bits per heavy atom. The molecule has 0 amide bonds. The van der Waals surface area contributed by atoms with Gasteiger partial charge >= 0.3 is 0 Å². The average molecular weight is 144 g/mol. The Morgan fingerprint density at radius 1 is 1.67 bits per heavy atom. The molecule has 1 rings (SSSR count). The van der Waals surface area contributed by atoms with Crippen LogP contribution >= 0.6 is 8.38 Å². The molecule has 0 bridgehead atoms. The zero-order valence-corrected chi connectivity index (χ0v) is 6.44. The molecule has 0 radical (unpaired) electrons. The first-order chi connectivity index (χ1) is 4.33. The van der Waals surface area contributed by atoms with E-state index in [1.165, 1.54) is 0 Å². The van der Waals surface area contributed by atoms with Crippen LogP contribution in [0.5, 0.6) is 0 Å². The molecule has 0 aromatic rings. The fourth-order valence-corrected chi connectivity index (χ4v) is 1.52. The smallest absolute Gasteiger partial charge is 0.168 e. The zero-order chi connectivity index (χ0) is 6.69. The van der Waals surface area contributed by atoms with Crippen LogP contribution in [0, 0.1) is 11.8 Å². The maximum atomic E-state index is 5.27. The van der Waals surface area contributed by atoms with Crippen molar-refractivity contribution >= 4 is 8.38 Å². The molecule has 1 saturated heterocycles. The fraction of sp³-hybridized carbons (Fsp3) is 0.667. The molecule has 1 aliphatic heterocycles. The molecule has 0 N–H and O–H groups in total. The molecule has 0 aromatic heterocycles. The number of hydrogen-bond acceptors (Lipinski definition) is 2. The molecule has 9 heavy (non-hydrogen) atoms. The minimum absolute atomic E-state index is 0.0334. The van der Waals surface area contributed by atoms with Crippen LogP contribution in [0.2, 0.25) is 0 Å². The van der Waals surface area contributed by atoms with Crippen LogP contribution in [-0.2, 0) is 9.05 Å². The van der Waals surface area contributed by atoms with Crippen molar-refractivity contribution in [2.75, 3.05) is 13.3 Å². The largest absolute Gasteiger partial charge is 0.330 e. The maximum Gasteiger partial charge on any atom is 0.168 e.